The van der Waals surface area contributed by atoms with Crippen molar-refractivity contribution in [1.82, 2.24) is 5.32 Å². The molecule has 6 heteroatoms. The number of thiophene rings is 1. The molecule has 1 heterocycles. The fourth-order valence-electron chi connectivity index (χ4n) is 1.53. The largest absolute Gasteiger partial charge is 0.368 e. The Morgan fingerprint density at radius 1 is 1.33 bits per heavy atom. The van der Waals surface area contributed by atoms with Gasteiger partial charge in [-0.2, -0.15) is 0 Å². The normalized spacial score (nSPS) is 14.3. The lowest BCUT2D eigenvalue weighted by Gasteiger charge is -2.20. The summed E-state index contributed by atoms with van der Waals surface area (Å²) >= 11 is 4.87. The molecule has 0 fully saturated rings. The second-order valence-electron chi connectivity index (χ2n) is 4.50. The van der Waals surface area contributed by atoms with Crippen LogP contribution in [0, 0.1) is 5.92 Å². The van der Waals surface area contributed by atoms with E-state index in [1.54, 1.807) is 0 Å². The van der Waals surface area contributed by atoms with Gasteiger partial charge in [0, 0.05) is 4.88 Å². The number of rotatable bonds is 5. The Kier molecular flexibility index (Phi) is 5.34. The molecule has 3 N–H and O–H groups in total. The van der Waals surface area contributed by atoms with E-state index in [0.717, 1.165) is 8.66 Å². The van der Waals surface area contributed by atoms with Gasteiger partial charge in [0.2, 0.25) is 11.8 Å². The number of carbonyl (C=O) groups is 2. The number of amides is 2. The first-order valence-electron chi connectivity index (χ1n) is 5.67. The molecule has 2 amide bonds. The number of halogens is 1. The van der Waals surface area contributed by atoms with Gasteiger partial charge in [0.25, 0.3) is 0 Å². The minimum absolute atomic E-state index is 0.0197. The van der Waals surface area contributed by atoms with E-state index in [-0.39, 0.29) is 17.7 Å². The molecule has 4 nitrogen and oxygen atoms in total. The standard InChI is InChI=1S/C12H17BrN2O2S/c1-6(2)10(11(14)16)15-12(17)7(3)8-4-5-9(13)18-8/h4-7,10H,1-3H3,(H2,14,16)(H,15,17)/t7-,10+/m0/s1. The maximum atomic E-state index is 12.0. The lowest BCUT2D eigenvalue weighted by Crippen LogP contribution is -2.48. The van der Waals surface area contributed by atoms with Crippen molar-refractivity contribution in [2.24, 2.45) is 11.7 Å². The summed E-state index contributed by atoms with van der Waals surface area (Å²) in [7, 11) is 0. The van der Waals surface area contributed by atoms with E-state index in [1.165, 1.54) is 11.3 Å². The monoisotopic (exact) mass is 332 g/mol. The number of nitrogens with two attached hydrogens (primary N) is 1. The Hall–Kier alpha value is -0.880. The Morgan fingerprint density at radius 2 is 1.94 bits per heavy atom. The SMILES string of the molecule is CC(C)[C@@H](NC(=O)[C@@H](C)c1ccc(Br)s1)C(N)=O. The van der Waals surface area contributed by atoms with Crippen LogP contribution in [-0.2, 0) is 9.59 Å². The maximum Gasteiger partial charge on any atom is 0.240 e. The van der Waals surface area contributed by atoms with Crippen molar-refractivity contribution in [3.8, 4) is 0 Å². The lowest BCUT2D eigenvalue weighted by atomic mass is 10.0. The zero-order chi connectivity index (χ0) is 13.9. The molecule has 0 aliphatic rings. The van der Waals surface area contributed by atoms with Crippen LogP contribution < -0.4 is 11.1 Å². The van der Waals surface area contributed by atoms with Gasteiger partial charge in [0.15, 0.2) is 0 Å². The van der Waals surface area contributed by atoms with Crippen LogP contribution in [0.25, 0.3) is 0 Å². The van der Waals surface area contributed by atoms with E-state index in [9.17, 15) is 9.59 Å². The van der Waals surface area contributed by atoms with Crippen molar-refractivity contribution in [2.75, 3.05) is 0 Å². The summed E-state index contributed by atoms with van der Waals surface area (Å²) in [6.45, 7) is 5.51. The topological polar surface area (TPSA) is 72.2 Å². The van der Waals surface area contributed by atoms with Gasteiger partial charge < -0.3 is 11.1 Å². The van der Waals surface area contributed by atoms with Crippen LogP contribution in [0.15, 0.2) is 15.9 Å². The summed E-state index contributed by atoms with van der Waals surface area (Å²) in [6, 6.07) is 3.18. The number of hydrogen-bond acceptors (Lipinski definition) is 3. The minimum atomic E-state index is -0.622. The first-order chi connectivity index (χ1) is 8.32. The molecular weight excluding hydrogens is 316 g/mol. The third-order valence-electron chi connectivity index (χ3n) is 2.69. The van der Waals surface area contributed by atoms with E-state index in [4.69, 9.17) is 5.73 Å². The van der Waals surface area contributed by atoms with Crippen molar-refractivity contribution >= 4 is 39.1 Å². The molecule has 0 aliphatic carbocycles. The number of primary amides is 1. The molecule has 2 atom stereocenters. The Labute approximate surface area is 119 Å². The predicted octanol–water partition coefficient (Wildman–Crippen LogP) is 2.24. The fourth-order valence-corrected chi connectivity index (χ4v) is 3.01. The van der Waals surface area contributed by atoms with Crippen LogP contribution >= 0.6 is 27.3 Å². The van der Waals surface area contributed by atoms with Gasteiger partial charge in [-0.3, -0.25) is 9.59 Å². The quantitative estimate of drug-likeness (QED) is 0.867. The van der Waals surface area contributed by atoms with Crippen LogP contribution in [0.4, 0.5) is 0 Å². The summed E-state index contributed by atoms with van der Waals surface area (Å²) in [5.74, 6) is -0.990. The van der Waals surface area contributed by atoms with Crippen molar-refractivity contribution in [3.63, 3.8) is 0 Å². The van der Waals surface area contributed by atoms with Crippen LogP contribution in [0.1, 0.15) is 31.6 Å². The summed E-state index contributed by atoms with van der Waals surface area (Å²) in [6.07, 6.45) is 0. The van der Waals surface area contributed by atoms with Gasteiger partial charge in [-0.15, -0.1) is 11.3 Å². The Balaban J connectivity index is 2.73. The molecule has 0 saturated heterocycles. The molecule has 1 aromatic rings. The predicted molar refractivity (Wildman–Crippen MR) is 76.4 cm³/mol. The molecule has 0 bridgehead atoms. The highest BCUT2D eigenvalue weighted by molar-refractivity contribution is 9.11. The maximum absolute atomic E-state index is 12.0. The number of hydrogen-bond donors (Lipinski definition) is 2. The molecular formula is C12H17BrN2O2S. The smallest absolute Gasteiger partial charge is 0.240 e. The van der Waals surface area contributed by atoms with Crippen molar-refractivity contribution in [1.29, 1.82) is 0 Å². The van der Waals surface area contributed by atoms with Crippen LogP contribution in [-0.4, -0.2) is 17.9 Å². The average Bonchev–Trinajstić information content (AvgIpc) is 2.70. The third kappa shape index (κ3) is 3.81. The first-order valence-corrected chi connectivity index (χ1v) is 7.28. The van der Waals surface area contributed by atoms with Crippen LogP contribution in [0.3, 0.4) is 0 Å². The second-order valence-corrected chi connectivity index (χ2v) is 6.99. The summed E-state index contributed by atoms with van der Waals surface area (Å²) in [4.78, 5) is 24.2. The highest BCUT2D eigenvalue weighted by atomic mass is 79.9. The molecule has 0 radical (unpaired) electrons. The van der Waals surface area contributed by atoms with Crippen LogP contribution in [0.5, 0.6) is 0 Å². The number of carbonyl (C=O) groups excluding carboxylic acids is 2. The van der Waals surface area contributed by atoms with Gasteiger partial charge in [0.1, 0.15) is 6.04 Å². The first kappa shape index (κ1) is 15.2. The van der Waals surface area contributed by atoms with E-state index < -0.39 is 11.9 Å². The lowest BCUT2D eigenvalue weighted by molar-refractivity contribution is -0.128. The molecule has 1 rings (SSSR count). The van der Waals surface area contributed by atoms with E-state index in [0.29, 0.717) is 0 Å². The van der Waals surface area contributed by atoms with Gasteiger partial charge in [-0.05, 0) is 40.9 Å². The molecule has 0 saturated carbocycles. The third-order valence-corrected chi connectivity index (χ3v) is 4.49. The molecule has 0 unspecified atom stereocenters. The summed E-state index contributed by atoms with van der Waals surface area (Å²) in [5.41, 5.74) is 5.27. The van der Waals surface area contributed by atoms with Crippen molar-refractivity contribution in [2.45, 2.75) is 32.7 Å². The minimum Gasteiger partial charge on any atom is -0.368 e. The molecule has 0 aromatic carbocycles. The average molecular weight is 333 g/mol. The summed E-state index contributed by atoms with van der Waals surface area (Å²) < 4.78 is 0.979. The Morgan fingerprint density at radius 3 is 2.33 bits per heavy atom. The molecule has 0 spiro atoms. The second kappa shape index (κ2) is 6.33. The summed E-state index contributed by atoms with van der Waals surface area (Å²) in [5, 5.41) is 2.70. The van der Waals surface area contributed by atoms with Crippen molar-refractivity contribution < 1.29 is 9.59 Å². The van der Waals surface area contributed by atoms with E-state index >= 15 is 0 Å². The highest BCUT2D eigenvalue weighted by Crippen LogP contribution is 2.28. The van der Waals surface area contributed by atoms with E-state index in [1.807, 2.05) is 32.9 Å². The zero-order valence-corrected chi connectivity index (χ0v) is 13.0. The van der Waals surface area contributed by atoms with Gasteiger partial charge >= 0.3 is 0 Å². The van der Waals surface area contributed by atoms with Gasteiger partial charge in [0.05, 0.1) is 9.70 Å². The number of nitrogens with one attached hydrogen (secondary N) is 1. The fraction of sp³-hybridized carbons (Fsp3) is 0.500. The molecule has 0 aliphatic heterocycles. The van der Waals surface area contributed by atoms with Gasteiger partial charge in [-0.1, -0.05) is 13.8 Å². The Bertz CT molecular complexity index is 445. The van der Waals surface area contributed by atoms with Crippen molar-refractivity contribution in [3.05, 3.63) is 20.8 Å². The molecule has 18 heavy (non-hydrogen) atoms. The highest BCUT2D eigenvalue weighted by Gasteiger charge is 2.25. The zero-order valence-electron chi connectivity index (χ0n) is 10.6. The van der Waals surface area contributed by atoms with Gasteiger partial charge in [-0.25, -0.2) is 0 Å². The van der Waals surface area contributed by atoms with Crippen LogP contribution in [0.2, 0.25) is 0 Å². The molecule has 1 aromatic heterocycles. The molecule has 100 valence electrons. The van der Waals surface area contributed by atoms with E-state index in [2.05, 4.69) is 21.2 Å².